The Balaban J connectivity index is 1.56. The molecular formula is C15H19NO4. The van der Waals surface area contributed by atoms with E-state index in [9.17, 15) is 9.90 Å². The predicted octanol–water partition coefficient (Wildman–Crippen LogP) is 0.646. The predicted molar refractivity (Wildman–Crippen MR) is 72.6 cm³/mol. The first-order chi connectivity index (χ1) is 9.58. The van der Waals surface area contributed by atoms with Crippen molar-refractivity contribution in [1.82, 2.24) is 5.32 Å². The second kappa shape index (κ2) is 5.07. The molecule has 2 aliphatic heterocycles. The van der Waals surface area contributed by atoms with Crippen molar-refractivity contribution < 1.29 is 19.4 Å². The molecule has 3 atom stereocenters. The quantitative estimate of drug-likeness (QED) is 0.851. The van der Waals surface area contributed by atoms with Crippen molar-refractivity contribution in [3.05, 3.63) is 29.8 Å². The fourth-order valence-corrected chi connectivity index (χ4v) is 2.69. The summed E-state index contributed by atoms with van der Waals surface area (Å²) in [6, 6.07) is 7.65. The molecule has 2 heterocycles. The van der Waals surface area contributed by atoms with Crippen LogP contribution in [0, 0.1) is 0 Å². The molecule has 3 unspecified atom stereocenters. The molecular weight excluding hydrogens is 258 g/mol. The monoisotopic (exact) mass is 277 g/mol. The Hall–Kier alpha value is -1.59. The summed E-state index contributed by atoms with van der Waals surface area (Å²) in [5.74, 6) is 0.581. The number of carbonyl (C=O) groups excluding carboxylic acids is 1. The highest BCUT2D eigenvalue weighted by Gasteiger charge is 2.40. The van der Waals surface area contributed by atoms with Gasteiger partial charge >= 0.3 is 0 Å². The van der Waals surface area contributed by atoms with Crippen LogP contribution in [-0.2, 0) is 16.0 Å². The molecule has 1 aromatic carbocycles. The molecule has 0 radical (unpaired) electrons. The summed E-state index contributed by atoms with van der Waals surface area (Å²) in [5, 5.41) is 13.1. The summed E-state index contributed by atoms with van der Waals surface area (Å²) < 4.78 is 11.0. The standard InChI is InChI=1S/C15H19NO4/c1-10-15(18,6-7-19-10)9-16-14(17)13-8-11-4-2-3-5-12(11)20-13/h2-5,10,13,18H,6-9H2,1H3,(H,16,17). The third kappa shape index (κ3) is 2.39. The minimum atomic E-state index is -0.971. The van der Waals surface area contributed by atoms with E-state index in [2.05, 4.69) is 5.32 Å². The lowest BCUT2D eigenvalue weighted by molar-refractivity contribution is -0.129. The van der Waals surface area contributed by atoms with Crippen LogP contribution >= 0.6 is 0 Å². The van der Waals surface area contributed by atoms with Crippen LogP contribution in [0.25, 0.3) is 0 Å². The van der Waals surface area contributed by atoms with Crippen molar-refractivity contribution in [3.8, 4) is 5.75 Å². The maximum absolute atomic E-state index is 12.1. The highest BCUT2D eigenvalue weighted by Crippen LogP contribution is 2.28. The maximum atomic E-state index is 12.1. The fourth-order valence-electron chi connectivity index (χ4n) is 2.69. The highest BCUT2D eigenvalue weighted by atomic mass is 16.5. The topological polar surface area (TPSA) is 67.8 Å². The number of ether oxygens (including phenoxy) is 2. The zero-order valence-electron chi connectivity index (χ0n) is 11.5. The van der Waals surface area contributed by atoms with Crippen molar-refractivity contribution in [2.75, 3.05) is 13.2 Å². The van der Waals surface area contributed by atoms with Crippen molar-refractivity contribution in [2.45, 2.75) is 37.6 Å². The lowest BCUT2D eigenvalue weighted by atomic mass is 9.96. The van der Waals surface area contributed by atoms with Crippen LogP contribution in [0.4, 0.5) is 0 Å². The van der Waals surface area contributed by atoms with Crippen LogP contribution in [-0.4, -0.2) is 42.0 Å². The molecule has 0 saturated carbocycles. The number of nitrogens with one attached hydrogen (secondary N) is 1. The number of carbonyl (C=O) groups is 1. The first-order valence-corrected chi connectivity index (χ1v) is 6.95. The largest absolute Gasteiger partial charge is 0.480 e. The van der Waals surface area contributed by atoms with Gasteiger partial charge in [-0.3, -0.25) is 4.79 Å². The zero-order chi connectivity index (χ0) is 14.2. The Bertz CT molecular complexity index is 493. The molecule has 2 N–H and O–H groups in total. The van der Waals surface area contributed by atoms with Gasteiger partial charge in [-0.15, -0.1) is 0 Å². The minimum absolute atomic E-state index is 0.186. The molecule has 0 aromatic heterocycles. The molecule has 1 saturated heterocycles. The average Bonchev–Trinajstić information content (AvgIpc) is 3.01. The van der Waals surface area contributed by atoms with Crippen LogP contribution in [0.2, 0.25) is 0 Å². The lowest BCUT2D eigenvalue weighted by Crippen LogP contribution is -2.50. The van der Waals surface area contributed by atoms with Gasteiger partial charge in [0.15, 0.2) is 6.10 Å². The first kappa shape index (κ1) is 13.4. The number of para-hydroxylation sites is 1. The van der Waals surface area contributed by atoms with Crippen molar-refractivity contribution in [3.63, 3.8) is 0 Å². The smallest absolute Gasteiger partial charge is 0.261 e. The zero-order valence-corrected chi connectivity index (χ0v) is 11.5. The molecule has 1 fully saturated rings. The summed E-state index contributed by atoms with van der Waals surface area (Å²) in [6.07, 6.45) is 0.352. The maximum Gasteiger partial charge on any atom is 0.261 e. The van der Waals surface area contributed by atoms with E-state index in [1.165, 1.54) is 0 Å². The molecule has 2 aliphatic rings. The molecule has 20 heavy (non-hydrogen) atoms. The van der Waals surface area contributed by atoms with Crippen LogP contribution < -0.4 is 10.1 Å². The van der Waals surface area contributed by atoms with Gasteiger partial charge in [0.25, 0.3) is 5.91 Å². The third-order valence-corrected chi connectivity index (χ3v) is 4.17. The normalized spacial score (nSPS) is 31.7. The van der Waals surface area contributed by atoms with Crippen molar-refractivity contribution in [2.24, 2.45) is 0 Å². The lowest BCUT2D eigenvalue weighted by Gasteiger charge is -2.26. The molecule has 0 aliphatic carbocycles. The van der Waals surface area contributed by atoms with Gasteiger partial charge in [0.05, 0.1) is 6.10 Å². The van der Waals surface area contributed by atoms with Gasteiger partial charge in [0, 0.05) is 26.0 Å². The molecule has 3 rings (SSSR count). The van der Waals surface area contributed by atoms with Gasteiger partial charge in [0.1, 0.15) is 11.4 Å². The van der Waals surface area contributed by atoms with E-state index in [1.54, 1.807) is 0 Å². The van der Waals surface area contributed by atoms with E-state index < -0.39 is 11.7 Å². The van der Waals surface area contributed by atoms with Gasteiger partial charge in [0.2, 0.25) is 0 Å². The van der Waals surface area contributed by atoms with E-state index in [4.69, 9.17) is 9.47 Å². The summed E-state index contributed by atoms with van der Waals surface area (Å²) in [7, 11) is 0. The Morgan fingerprint density at radius 2 is 2.30 bits per heavy atom. The van der Waals surface area contributed by atoms with Crippen LogP contribution in [0.3, 0.4) is 0 Å². The average molecular weight is 277 g/mol. The number of benzene rings is 1. The Morgan fingerprint density at radius 1 is 1.50 bits per heavy atom. The number of hydrogen-bond donors (Lipinski definition) is 2. The summed E-state index contributed by atoms with van der Waals surface area (Å²) in [6.45, 7) is 2.54. The summed E-state index contributed by atoms with van der Waals surface area (Å²) in [4.78, 5) is 12.1. The summed E-state index contributed by atoms with van der Waals surface area (Å²) >= 11 is 0. The van der Waals surface area contributed by atoms with Crippen molar-refractivity contribution in [1.29, 1.82) is 0 Å². The third-order valence-electron chi connectivity index (χ3n) is 4.17. The van der Waals surface area contributed by atoms with E-state index in [1.807, 2.05) is 31.2 Å². The number of rotatable bonds is 3. The van der Waals surface area contributed by atoms with E-state index in [0.29, 0.717) is 19.4 Å². The Labute approximate surface area is 117 Å². The number of fused-ring (bicyclic) bond motifs is 1. The van der Waals surface area contributed by atoms with Crippen LogP contribution in [0.1, 0.15) is 18.9 Å². The Kier molecular flexibility index (Phi) is 3.40. The number of hydrogen-bond acceptors (Lipinski definition) is 4. The van der Waals surface area contributed by atoms with E-state index in [0.717, 1.165) is 11.3 Å². The van der Waals surface area contributed by atoms with Gasteiger partial charge in [-0.05, 0) is 18.6 Å². The fraction of sp³-hybridized carbons (Fsp3) is 0.533. The second-order valence-electron chi connectivity index (χ2n) is 5.50. The summed E-state index contributed by atoms with van der Waals surface area (Å²) in [5.41, 5.74) is 0.0742. The SMILES string of the molecule is CC1OCCC1(O)CNC(=O)C1Cc2ccccc2O1. The van der Waals surface area contributed by atoms with Crippen LogP contribution in [0.5, 0.6) is 5.75 Å². The van der Waals surface area contributed by atoms with Gasteiger partial charge < -0.3 is 19.9 Å². The number of amides is 1. The Morgan fingerprint density at radius 3 is 3.00 bits per heavy atom. The molecule has 0 spiro atoms. The molecule has 108 valence electrons. The molecule has 5 heteroatoms. The molecule has 0 bridgehead atoms. The van der Waals surface area contributed by atoms with E-state index in [-0.39, 0.29) is 18.6 Å². The van der Waals surface area contributed by atoms with Crippen LogP contribution in [0.15, 0.2) is 24.3 Å². The highest BCUT2D eigenvalue weighted by molar-refractivity contribution is 5.82. The van der Waals surface area contributed by atoms with Gasteiger partial charge in [-0.2, -0.15) is 0 Å². The first-order valence-electron chi connectivity index (χ1n) is 6.95. The molecule has 1 aromatic rings. The minimum Gasteiger partial charge on any atom is -0.480 e. The number of aliphatic hydroxyl groups is 1. The molecule has 5 nitrogen and oxygen atoms in total. The molecule has 1 amide bonds. The van der Waals surface area contributed by atoms with E-state index >= 15 is 0 Å². The van der Waals surface area contributed by atoms with Gasteiger partial charge in [-0.25, -0.2) is 0 Å². The van der Waals surface area contributed by atoms with Crippen molar-refractivity contribution >= 4 is 5.91 Å². The van der Waals surface area contributed by atoms with Gasteiger partial charge in [-0.1, -0.05) is 18.2 Å². The second-order valence-corrected chi connectivity index (χ2v) is 5.50.